The van der Waals surface area contributed by atoms with Crippen LogP contribution in [0, 0.1) is 0 Å². The first-order valence-electron chi connectivity index (χ1n) is 8.18. The van der Waals surface area contributed by atoms with Gasteiger partial charge in [0, 0.05) is 17.5 Å². The van der Waals surface area contributed by atoms with Gasteiger partial charge in [0.05, 0.1) is 22.8 Å². The van der Waals surface area contributed by atoms with Crippen molar-refractivity contribution < 1.29 is 8.42 Å². The molecule has 1 heterocycles. The average Bonchev–Trinajstić information content (AvgIpc) is 2.80. The van der Waals surface area contributed by atoms with Crippen LogP contribution in [0.3, 0.4) is 0 Å². The summed E-state index contributed by atoms with van der Waals surface area (Å²) in [4.78, 5) is 4.46. The first-order valence-corrected chi connectivity index (χ1v) is 9.83. The van der Waals surface area contributed by atoms with E-state index in [9.17, 15) is 8.42 Å². The van der Waals surface area contributed by atoms with Gasteiger partial charge in [-0.15, -0.1) is 0 Å². The van der Waals surface area contributed by atoms with Crippen molar-refractivity contribution >= 4 is 39.0 Å². The molecule has 26 heavy (non-hydrogen) atoms. The average molecular weight is 363 g/mol. The molecule has 0 aliphatic carbocycles. The number of nitrogens with zero attached hydrogens (tertiary/aromatic N) is 1. The summed E-state index contributed by atoms with van der Waals surface area (Å²) >= 11 is 0. The van der Waals surface area contributed by atoms with E-state index in [-0.39, 0.29) is 5.75 Å². The van der Waals surface area contributed by atoms with Crippen molar-refractivity contribution in [1.82, 2.24) is 0 Å². The second-order valence-corrected chi connectivity index (χ2v) is 7.77. The maximum absolute atomic E-state index is 12.4. The third-order valence-corrected chi connectivity index (χ3v) is 5.30. The van der Waals surface area contributed by atoms with Gasteiger partial charge in [0.15, 0.2) is 0 Å². The molecule has 0 saturated heterocycles. The molecule has 0 saturated carbocycles. The van der Waals surface area contributed by atoms with Gasteiger partial charge in [0.1, 0.15) is 0 Å². The van der Waals surface area contributed by atoms with Gasteiger partial charge in [-0.05, 0) is 35.9 Å². The smallest absolute Gasteiger partial charge is 0.236 e. The zero-order chi connectivity index (χ0) is 18.0. The number of nitrogens with one attached hydrogen (secondary N) is 2. The van der Waals surface area contributed by atoms with Crippen molar-refractivity contribution in [3.05, 3.63) is 83.9 Å². The van der Waals surface area contributed by atoms with E-state index in [1.165, 1.54) is 0 Å². The highest BCUT2D eigenvalue weighted by atomic mass is 32.2. The predicted molar refractivity (Wildman–Crippen MR) is 106 cm³/mol. The summed E-state index contributed by atoms with van der Waals surface area (Å²) < 4.78 is 27.5. The third-order valence-electron chi connectivity index (χ3n) is 4.04. The lowest BCUT2D eigenvalue weighted by molar-refractivity contribution is 0.600. The Bertz CT molecular complexity index is 1080. The van der Waals surface area contributed by atoms with Crippen molar-refractivity contribution in [3.63, 3.8) is 0 Å². The quantitative estimate of drug-likeness (QED) is 0.563. The van der Waals surface area contributed by atoms with E-state index in [2.05, 4.69) is 15.0 Å². The Labute approximate surface area is 152 Å². The molecule has 0 aromatic heterocycles. The SMILES string of the molecule is O=S(=O)(Cc1ccccc1)Nc1ccc2c(c1)Nc1ccccc1N=C2. The van der Waals surface area contributed by atoms with E-state index < -0.39 is 10.0 Å². The number of aliphatic imine (C=N–C) groups is 1. The molecule has 2 N–H and O–H groups in total. The van der Waals surface area contributed by atoms with Gasteiger partial charge >= 0.3 is 0 Å². The van der Waals surface area contributed by atoms with E-state index in [4.69, 9.17) is 0 Å². The molecule has 4 rings (SSSR count). The highest BCUT2D eigenvalue weighted by molar-refractivity contribution is 7.91. The van der Waals surface area contributed by atoms with Gasteiger partial charge in [0.25, 0.3) is 0 Å². The summed E-state index contributed by atoms with van der Waals surface area (Å²) in [7, 11) is -3.50. The van der Waals surface area contributed by atoms with Gasteiger partial charge in [-0.1, -0.05) is 42.5 Å². The summed E-state index contributed by atoms with van der Waals surface area (Å²) in [6.07, 6.45) is 1.77. The van der Waals surface area contributed by atoms with Crippen molar-refractivity contribution in [2.45, 2.75) is 5.75 Å². The fraction of sp³-hybridized carbons (Fsp3) is 0.0500. The highest BCUT2D eigenvalue weighted by Gasteiger charge is 2.14. The monoisotopic (exact) mass is 363 g/mol. The Morgan fingerprint density at radius 1 is 0.885 bits per heavy atom. The normalized spacial score (nSPS) is 12.5. The molecule has 1 aliphatic rings. The van der Waals surface area contributed by atoms with Crippen molar-refractivity contribution in [3.8, 4) is 0 Å². The van der Waals surface area contributed by atoms with Gasteiger partial charge in [-0.2, -0.15) is 0 Å². The lowest BCUT2D eigenvalue weighted by atomic mass is 10.1. The fourth-order valence-electron chi connectivity index (χ4n) is 2.83. The topological polar surface area (TPSA) is 70.6 Å². The Hall–Kier alpha value is -3.12. The lowest BCUT2D eigenvalue weighted by Crippen LogP contribution is -2.15. The van der Waals surface area contributed by atoms with Crippen LogP contribution in [0.5, 0.6) is 0 Å². The predicted octanol–water partition coefficient (Wildman–Crippen LogP) is 4.44. The molecular formula is C20H17N3O2S. The molecule has 0 bridgehead atoms. The molecule has 0 amide bonds. The van der Waals surface area contributed by atoms with Crippen LogP contribution in [0.25, 0.3) is 0 Å². The van der Waals surface area contributed by atoms with Crippen LogP contribution in [-0.4, -0.2) is 14.6 Å². The van der Waals surface area contributed by atoms with Crippen LogP contribution >= 0.6 is 0 Å². The molecule has 6 heteroatoms. The number of anilines is 3. The van der Waals surface area contributed by atoms with Gasteiger partial charge in [0.2, 0.25) is 10.0 Å². The molecule has 1 aliphatic heterocycles. The van der Waals surface area contributed by atoms with Crippen LogP contribution in [0.15, 0.2) is 77.8 Å². The van der Waals surface area contributed by atoms with Crippen molar-refractivity contribution in [2.24, 2.45) is 4.99 Å². The number of fused-ring (bicyclic) bond motifs is 2. The molecule has 3 aromatic rings. The molecule has 5 nitrogen and oxygen atoms in total. The van der Waals surface area contributed by atoms with Gasteiger partial charge in [-0.3, -0.25) is 9.71 Å². The number of hydrogen-bond donors (Lipinski definition) is 2. The van der Waals surface area contributed by atoms with Crippen LogP contribution in [0.4, 0.5) is 22.7 Å². The lowest BCUT2D eigenvalue weighted by Gasteiger charge is -2.12. The summed E-state index contributed by atoms with van der Waals surface area (Å²) in [6, 6.07) is 22.2. The molecule has 0 atom stereocenters. The molecule has 130 valence electrons. The minimum atomic E-state index is -3.50. The van der Waals surface area contributed by atoms with Crippen molar-refractivity contribution in [2.75, 3.05) is 10.0 Å². The third kappa shape index (κ3) is 3.60. The Morgan fingerprint density at radius 2 is 1.65 bits per heavy atom. The van der Waals surface area contributed by atoms with E-state index in [1.54, 1.807) is 30.5 Å². The largest absolute Gasteiger partial charge is 0.353 e. The van der Waals surface area contributed by atoms with E-state index in [0.29, 0.717) is 5.69 Å². The van der Waals surface area contributed by atoms with Crippen LogP contribution in [-0.2, 0) is 15.8 Å². The van der Waals surface area contributed by atoms with Crippen LogP contribution in [0.1, 0.15) is 11.1 Å². The molecule has 0 fully saturated rings. The zero-order valence-corrected chi connectivity index (χ0v) is 14.7. The van der Waals surface area contributed by atoms with E-state index >= 15 is 0 Å². The maximum Gasteiger partial charge on any atom is 0.236 e. The molecule has 0 radical (unpaired) electrons. The second kappa shape index (κ2) is 6.65. The number of sulfonamides is 1. The summed E-state index contributed by atoms with van der Waals surface area (Å²) in [5.74, 6) is -0.0668. The first kappa shape index (κ1) is 16.4. The standard InChI is InChI=1S/C20H17N3O2S/c24-26(25,14-15-6-2-1-3-7-15)23-17-11-10-16-13-21-18-8-4-5-9-19(18)22-20(16)12-17/h1-13,22-23H,14H2. The Balaban J connectivity index is 1.59. The molecule has 3 aromatic carbocycles. The number of benzene rings is 3. The zero-order valence-electron chi connectivity index (χ0n) is 13.9. The summed E-state index contributed by atoms with van der Waals surface area (Å²) in [5.41, 5.74) is 4.68. The van der Waals surface area contributed by atoms with E-state index in [0.717, 1.165) is 28.2 Å². The Kier molecular flexibility index (Phi) is 4.18. The fourth-order valence-corrected chi connectivity index (χ4v) is 4.02. The Morgan fingerprint density at radius 3 is 2.50 bits per heavy atom. The van der Waals surface area contributed by atoms with Crippen molar-refractivity contribution in [1.29, 1.82) is 0 Å². The summed E-state index contributed by atoms with van der Waals surface area (Å²) in [5, 5.41) is 3.32. The van der Waals surface area contributed by atoms with Crippen LogP contribution < -0.4 is 10.0 Å². The maximum atomic E-state index is 12.4. The number of hydrogen-bond acceptors (Lipinski definition) is 4. The number of rotatable bonds is 4. The molecule has 0 spiro atoms. The van der Waals surface area contributed by atoms with Gasteiger partial charge in [-0.25, -0.2) is 8.42 Å². The molecular weight excluding hydrogens is 346 g/mol. The highest BCUT2D eigenvalue weighted by Crippen LogP contribution is 2.33. The molecule has 0 unspecified atom stereocenters. The number of para-hydroxylation sites is 2. The second-order valence-electron chi connectivity index (χ2n) is 6.05. The van der Waals surface area contributed by atoms with E-state index in [1.807, 2.05) is 48.5 Å². The minimum absolute atomic E-state index is 0.0668. The summed E-state index contributed by atoms with van der Waals surface area (Å²) in [6.45, 7) is 0. The first-order chi connectivity index (χ1) is 12.6. The minimum Gasteiger partial charge on any atom is -0.353 e. The van der Waals surface area contributed by atoms with Gasteiger partial charge < -0.3 is 5.32 Å². The van der Waals surface area contributed by atoms with Crippen LogP contribution in [0.2, 0.25) is 0 Å².